The number of nitrogens with one attached hydrogen (secondary N) is 3. The van der Waals surface area contributed by atoms with Gasteiger partial charge in [0.15, 0.2) is 8.32 Å². The lowest BCUT2D eigenvalue weighted by atomic mass is 9.99. The molecule has 1 heterocycles. The minimum absolute atomic E-state index is 0.0735. The number of carbonyl (C=O) groups excluding carboxylic acids is 1. The highest BCUT2D eigenvalue weighted by Gasteiger charge is 2.40. The zero-order valence-electron chi connectivity index (χ0n) is 33.7. The van der Waals surface area contributed by atoms with Crippen molar-refractivity contribution in [2.75, 3.05) is 18.4 Å². The van der Waals surface area contributed by atoms with E-state index < -0.39 is 20.5 Å². The second kappa shape index (κ2) is 18.4. The Balaban J connectivity index is 1.18. The second-order valence-corrected chi connectivity index (χ2v) is 20.7. The molecule has 0 saturated carbocycles. The monoisotopic (exact) mass is 796 g/mol. The molecule has 0 spiro atoms. The summed E-state index contributed by atoms with van der Waals surface area (Å²) in [6.07, 6.45) is -1.25. The Morgan fingerprint density at radius 2 is 1.38 bits per heavy atom. The van der Waals surface area contributed by atoms with Crippen molar-refractivity contribution < 1.29 is 23.9 Å². The van der Waals surface area contributed by atoms with Gasteiger partial charge in [-0.15, -0.1) is 0 Å². The van der Waals surface area contributed by atoms with Gasteiger partial charge in [0.2, 0.25) is 5.56 Å². The minimum Gasteiger partial charge on any atom is -0.487 e. The summed E-state index contributed by atoms with van der Waals surface area (Å²) in [6.45, 7) is 11.3. The number of pyridine rings is 1. The van der Waals surface area contributed by atoms with Gasteiger partial charge in [-0.05, 0) is 76.6 Å². The van der Waals surface area contributed by atoms with Crippen LogP contribution in [0.5, 0.6) is 5.75 Å². The highest BCUT2D eigenvalue weighted by atomic mass is 28.4. The standard InChI is InChI=1S/C47H52N4O6Si/c1-47(2,3)58(4,5)57-41(38-25-27-40(44-39(38)26-28-42(52)49-44)56-32-34-15-9-6-10-16-34)31-51(46(54)55)30-29-33-21-23-37(24-22-33)48-45(53)50-43(35-17-11-7-12-18-35)36-19-13-8-14-20-36/h6-28,41,43H,29-32H2,1-5H3,(H,49,52)(H,54,55)(H2,48,50,53)/t41-/m0/s1. The summed E-state index contributed by atoms with van der Waals surface area (Å²) in [5, 5.41) is 17.1. The van der Waals surface area contributed by atoms with Gasteiger partial charge in [0.05, 0.1) is 24.2 Å². The second-order valence-electron chi connectivity index (χ2n) is 15.9. The average Bonchev–Trinajstić information content (AvgIpc) is 3.21. The number of hydrogen-bond donors (Lipinski definition) is 4. The molecule has 58 heavy (non-hydrogen) atoms. The van der Waals surface area contributed by atoms with Crippen LogP contribution in [0.3, 0.4) is 0 Å². The van der Waals surface area contributed by atoms with Gasteiger partial charge in [-0.1, -0.05) is 130 Å². The molecule has 0 aliphatic carbocycles. The van der Waals surface area contributed by atoms with Crippen molar-refractivity contribution in [1.29, 1.82) is 0 Å². The lowest BCUT2D eigenvalue weighted by Gasteiger charge is -2.40. The first kappa shape index (κ1) is 41.5. The smallest absolute Gasteiger partial charge is 0.407 e. The van der Waals surface area contributed by atoms with Crippen molar-refractivity contribution in [1.82, 2.24) is 15.2 Å². The van der Waals surface area contributed by atoms with Crippen molar-refractivity contribution in [3.63, 3.8) is 0 Å². The quantitative estimate of drug-likeness (QED) is 0.0765. The number of benzene rings is 5. The molecule has 0 fully saturated rings. The third-order valence-corrected chi connectivity index (χ3v) is 15.3. The maximum absolute atomic E-state index is 13.2. The molecule has 0 unspecified atom stereocenters. The zero-order chi connectivity index (χ0) is 41.3. The van der Waals surface area contributed by atoms with Crippen LogP contribution in [0.2, 0.25) is 18.1 Å². The number of aromatic nitrogens is 1. The summed E-state index contributed by atoms with van der Waals surface area (Å²) < 4.78 is 13.2. The molecule has 0 aliphatic rings. The first-order valence-corrected chi connectivity index (χ1v) is 22.4. The third-order valence-electron chi connectivity index (χ3n) is 10.8. The van der Waals surface area contributed by atoms with Gasteiger partial charge in [-0.3, -0.25) is 4.79 Å². The first-order chi connectivity index (χ1) is 27.8. The summed E-state index contributed by atoms with van der Waals surface area (Å²) in [5.41, 5.74) is 5.47. The normalized spacial score (nSPS) is 12.2. The van der Waals surface area contributed by atoms with E-state index in [9.17, 15) is 19.5 Å². The Morgan fingerprint density at radius 1 is 0.776 bits per heavy atom. The molecule has 5 aromatic carbocycles. The van der Waals surface area contributed by atoms with Crippen LogP contribution < -0.4 is 20.9 Å². The Hall–Kier alpha value is -6.17. The molecule has 1 atom stereocenters. The van der Waals surface area contributed by atoms with E-state index in [0.717, 1.165) is 33.2 Å². The number of H-pyrrole nitrogens is 1. The number of fused-ring (bicyclic) bond motifs is 1. The van der Waals surface area contributed by atoms with Crippen molar-refractivity contribution in [2.24, 2.45) is 0 Å². The number of nitrogens with zero attached hydrogens (tertiary/aromatic N) is 1. The van der Waals surface area contributed by atoms with E-state index in [-0.39, 0.29) is 35.8 Å². The molecule has 0 aliphatic heterocycles. The summed E-state index contributed by atoms with van der Waals surface area (Å²) >= 11 is 0. The highest BCUT2D eigenvalue weighted by molar-refractivity contribution is 6.74. The molecule has 10 nitrogen and oxygen atoms in total. The molecule has 6 rings (SSSR count). The molecule has 3 amide bonds. The van der Waals surface area contributed by atoms with Crippen molar-refractivity contribution in [3.8, 4) is 5.75 Å². The molecule has 4 N–H and O–H groups in total. The number of amides is 3. The number of carboxylic acid groups (broad SMARTS) is 1. The molecule has 0 bridgehead atoms. The van der Waals surface area contributed by atoms with Crippen LogP contribution in [-0.4, -0.2) is 48.5 Å². The molecular weight excluding hydrogens is 745 g/mol. The fourth-order valence-electron chi connectivity index (χ4n) is 6.55. The van der Waals surface area contributed by atoms with Gasteiger partial charge in [0, 0.05) is 23.7 Å². The molecule has 0 radical (unpaired) electrons. The Kier molecular flexibility index (Phi) is 13.1. The van der Waals surface area contributed by atoms with Crippen molar-refractivity contribution >= 4 is 37.0 Å². The van der Waals surface area contributed by atoms with Crippen LogP contribution in [0, 0.1) is 0 Å². The van der Waals surface area contributed by atoms with E-state index in [0.29, 0.717) is 30.0 Å². The molecule has 0 saturated heterocycles. The maximum atomic E-state index is 13.2. The van der Waals surface area contributed by atoms with E-state index in [1.165, 1.54) is 11.0 Å². The van der Waals surface area contributed by atoms with Gasteiger partial charge >= 0.3 is 12.1 Å². The van der Waals surface area contributed by atoms with E-state index in [1.54, 1.807) is 6.07 Å². The van der Waals surface area contributed by atoms with E-state index in [2.05, 4.69) is 49.5 Å². The van der Waals surface area contributed by atoms with Crippen LogP contribution in [-0.2, 0) is 17.5 Å². The predicted octanol–water partition coefficient (Wildman–Crippen LogP) is 10.3. The van der Waals surface area contributed by atoms with Crippen LogP contribution >= 0.6 is 0 Å². The lowest BCUT2D eigenvalue weighted by molar-refractivity contribution is 0.102. The topological polar surface area (TPSA) is 133 Å². The summed E-state index contributed by atoms with van der Waals surface area (Å²) in [4.78, 5) is 43.0. The third kappa shape index (κ3) is 10.6. The number of urea groups is 1. The van der Waals surface area contributed by atoms with Gasteiger partial charge in [-0.25, -0.2) is 9.59 Å². The molecule has 1 aromatic heterocycles. The first-order valence-electron chi connectivity index (χ1n) is 19.5. The Bertz CT molecular complexity index is 2310. The number of rotatable bonds is 15. The number of hydrogen-bond acceptors (Lipinski definition) is 5. The molecule has 300 valence electrons. The van der Waals surface area contributed by atoms with E-state index in [4.69, 9.17) is 9.16 Å². The Labute approximate surface area is 341 Å². The maximum Gasteiger partial charge on any atom is 0.407 e. The van der Waals surface area contributed by atoms with Crippen LogP contribution in [0.15, 0.2) is 144 Å². The van der Waals surface area contributed by atoms with Gasteiger partial charge in [0.1, 0.15) is 12.4 Å². The molecule has 6 aromatic rings. The van der Waals surface area contributed by atoms with E-state index in [1.807, 2.05) is 127 Å². The Morgan fingerprint density at radius 3 is 1.97 bits per heavy atom. The van der Waals surface area contributed by atoms with Crippen LogP contribution in [0.1, 0.15) is 60.7 Å². The average molecular weight is 797 g/mol. The molecule has 11 heteroatoms. The lowest BCUT2D eigenvalue weighted by Crippen LogP contribution is -2.45. The van der Waals surface area contributed by atoms with Crippen LogP contribution in [0.25, 0.3) is 10.9 Å². The van der Waals surface area contributed by atoms with Crippen molar-refractivity contribution in [3.05, 3.63) is 178 Å². The number of aromatic amines is 1. The van der Waals surface area contributed by atoms with E-state index >= 15 is 0 Å². The fourth-order valence-corrected chi connectivity index (χ4v) is 7.81. The number of ether oxygens (including phenoxy) is 1. The van der Waals surface area contributed by atoms with Gasteiger partial charge in [0.25, 0.3) is 0 Å². The highest BCUT2D eigenvalue weighted by Crippen LogP contribution is 2.42. The number of carbonyl (C=O) groups is 2. The van der Waals surface area contributed by atoms with Crippen molar-refractivity contribution in [2.45, 2.75) is 64.1 Å². The SMILES string of the molecule is CC(C)(C)[Si](C)(C)O[C@@H](CN(CCc1ccc(NC(=O)NC(c2ccccc2)c2ccccc2)cc1)C(=O)O)c1ccc(OCc2ccccc2)c2[nH]c(=O)ccc12. The summed E-state index contributed by atoms with van der Waals surface area (Å²) in [5.74, 6) is 0.518. The van der Waals surface area contributed by atoms with Crippen LogP contribution in [0.4, 0.5) is 15.3 Å². The zero-order valence-corrected chi connectivity index (χ0v) is 34.7. The summed E-state index contributed by atoms with van der Waals surface area (Å²) in [6, 6.07) is 43.1. The number of anilines is 1. The predicted molar refractivity (Wildman–Crippen MR) is 233 cm³/mol. The summed E-state index contributed by atoms with van der Waals surface area (Å²) in [7, 11) is -2.44. The largest absolute Gasteiger partial charge is 0.487 e. The minimum atomic E-state index is -2.44. The van der Waals surface area contributed by atoms with Gasteiger partial charge in [-0.2, -0.15) is 0 Å². The molecular formula is C47H52N4O6Si. The fraction of sp³-hybridized carbons (Fsp3) is 0.255. The van der Waals surface area contributed by atoms with Gasteiger partial charge < -0.3 is 34.8 Å².